The lowest BCUT2D eigenvalue weighted by Crippen LogP contribution is -2.43. The number of carbonyl (C=O) groups is 1. The fourth-order valence-electron chi connectivity index (χ4n) is 1.27. The molecule has 1 unspecified atom stereocenters. The van der Waals surface area contributed by atoms with Gasteiger partial charge < -0.3 is 5.73 Å². The highest BCUT2D eigenvalue weighted by Crippen LogP contribution is 2.12. The van der Waals surface area contributed by atoms with Crippen LogP contribution < -0.4 is 11.6 Å². The van der Waals surface area contributed by atoms with Crippen LogP contribution >= 0.6 is 0 Å². The second kappa shape index (κ2) is 3.09. The standard InChI is InChI=1S/C6H13N3O/c7-4-6(10)5-2-1-3-9(5)8/h5H,1-4,7-8H2. The first kappa shape index (κ1) is 7.65. The summed E-state index contributed by atoms with van der Waals surface area (Å²) in [6.07, 6.45) is 1.87. The summed E-state index contributed by atoms with van der Waals surface area (Å²) in [7, 11) is 0. The van der Waals surface area contributed by atoms with Crippen molar-refractivity contribution < 1.29 is 4.79 Å². The molecule has 1 aliphatic heterocycles. The lowest BCUT2D eigenvalue weighted by Gasteiger charge is -2.15. The number of ketones is 1. The van der Waals surface area contributed by atoms with Gasteiger partial charge in [-0.3, -0.25) is 10.6 Å². The molecule has 0 spiro atoms. The summed E-state index contributed by atoms with van der Waals surface area (Å²) in [5, 5.41) is 1.58. The molecule has 1 atom stereocenters. The van der Waals surface area contributed by atoms with Crippen molar-refractivity contribution in [1.29, 1.82) is 0 Å². The van der Waals surface area contributed by atoms with Crippen LogP contribution in [0.15, 0.2) is 0 Å². The maximum Gasteiger partial charge on any atom is 0.164 e. The van der Waals surface area contributed by atoms with Crippen LogP contribution in [0.3, 0.4) is 0 Å². The third kappa shape index (κ3) is 1.34. The van der Waals surface area contributed by atoms with Crippen molar-refractivity contribution in [2.75, 3.05) is 13.1 Å². The lowest BCUT2D eigenvalue weighted by molar-refractivity contribution is -0.122. The van der Waals surface area contributed by atoms with Gasteiger partial charge in [-0.25, -0.2) is 5.01 Å². The highest BCUT2D eigenvalue weighted by atomic mass is 16.1. The minimum atomic E-state index is -0.106. The van der Waals surface area contributed by atoms with E-state index in [1.54, 1.807) is 5.01 Å². The number of hydrazine groups is 1. The van der Waals surface area contributed by atoms with Crippen LogP contribution in [0.25, 0.3) is 0 Å². The molecule has 1 rings (SSSR count). The molecule has 1 aliphatic rings. The van der Waals surface area contributed by atoms with E-state index in [1.165, 1.54) is 0 Å². The molecule has 4 N–H and O–H groups in total. The molecule has 0 aliphatic carbocycles. The lowest BCUT2D eigenvalue weighted by atomic mass is 10.1. The van der Waals surface area contributed by atoms with E-state index < -0.39 is 0 Å². The second-order valence-corrected chi connectivity index (χ2v) is 2.57. The molecule has 0 bridgehead atoms. The first-order valence-corrected chi connectivity index (χ1v) is 3.50. The maximum atomic E-state index is 11.0. The van der Waals surface area contributed by atoms with Crippen molar-refractivity contribution in [3.05, 3.63) is 0 Å². The SMILES string of the molecule is NCC(=O)C1CCCN1N. The zero-order chi connectivity index (χ0) is 7.56. The van der Waals surface area contributed by atoms with Gasteiger partial charge in [0.15, 0.2) is 5.78 Å². The van der Waals surface area contributed by atoms with Crippen molar-refractivity contribution in [2.45, 2.75) is 18.9 Å². The van der Waals surface area contributed by atoms with Gasteiger partial charge in [0.05, 0.1) is 12.6 Å². The summed E-state index contributed by atoms with van der Waals surface area (Å²) >= 11 is 0. The van der Waals surface area contributed by atoms with Crippen LogP contribution in [0.5, 0.6) is 0 Å². The normalized spacial score (nSPS) is 27.2. The summed E-state index contributed by atoms with van der Waals surface area (Å²) in [6, 6.07) is -0.106. The minimum Gasteiger partial charge on any atom is -0.324 e. The number of nitrogens with two attached hydrogens (primary N) is 2. The van der Waals surface area contributed by atoms with Gasteiger partial charge in [-0.2, -0.15) is 0 Å². The zero-order valence-electron chi connectivity index (χ0n) is 5.92. The highest BCUT2D eigenvalue weighted by molar-refractivity contribution is 5.85. The molecule has 0 aromatic heterocycles. The molecule has 1 heterocycles. The van der Waals surface area contributed by atoms with E-state index in [-0.39, 0.29) is 18.4 Å². The topological polar surface area (TPSA) is 72.4 Å². The molecule has 0 saturated carbocycles. The third-order valence-corrected chi connectivity index (χ3v) is 1.87. The largest absolute Gasteiger partial charge is 0.324 e. The average Bonchev–Trinajstić information content (AvgIpc) is 2.34. The van der Waals surface area contributed by atoms with Gasteiger partial charge in [0.1, 0.15) is 0 Å². The smallest absolute Gasteiger partial charge is 0.164 e. The van der Waals surface area contributed by atoms with Crippen molar-refractivity contribution >= 4 is 5.78 Å². The zero-order valence-corrected chi connectivity index (χ0v) is 5.92. The summed E-state index contributed by atoms with van der Waals surface area (Å²) in [5.41, 5.74) is 5.18. The van der Waals surface area contributed by atoms with Crippen molar-refractivity contribution in [2.24, 2.45) is 11.6 Å². The molecule has 58 valence electrons. The van der Waals surface area contributed by atoms with E-state index in [4.69, 9.17) is 11.6 Å². The highest BCUT2D eigenvalue weighted by Gasteiger charge is 2.26. The number of carbonyl (C=O) groups excluding carboxylic acids is 1. The summed E-state index contributed by atoms with van der Waals surface area (Å²) in [4.78, 5) is 11.0. The van der Waals surface area contributed by atoms with E-state index in [0.717, 1.165) is 19.4 Å². The predicted octanol–water partition coefficient (Wildman–Crippen LogP) is -1.15. The Balaban J connectivity index is 2.46. The predicted molar refractivity (Wildman–Crippen MR) is 38.0 cm³/mol. The molecule has 4 heteroatoms. The molecule has 1 fully saturated rings. The Kier molecular flexibility index (Phi) is 2.37. The van der Waals surface area contributed by atoms with E-state index in [1.807, 2.05) is 0 Å². The van der Waals surface area contributed by atoms with Crippen LogP contribution in [0.4, 0.5) is 0 Å². The van der Waals surface area contributed by atoms with Crippen LogP contribution in [-0.2, 0) is 4.79 Å². The van der Waals surface area contributed by atoms with Gasteiger partial charge in [-0.1, -0.05) is 0 Å². The van der Waals surface area contributed by atoms with Crippen molar-refractivity contribution in [3.8, 4) is 0 Å². The molecular weight excluding hydrogens is 130 g/mol. The summed E-state index contributed by atoms with van der Waals surface area (Å²) in [6.45, 7) is 0.925. The monoisotopic (exact) mass is 143 g/mol. The molecular formula is C6H13N3O. The average molecular weight is 143 g/mol. The van der Waals surface area contributed by atoms with E-state index in [9.17, 15) is 4.79 Å². The summed E-state index contributed by atoms with van der Waals surface area (Å²) < 4.78 is 0. The molecule has 0 radical (unpaired) electrons. The molecule has 1 saturated heterocycles. The Labute approximate surface area is 60.1 Å². The van der Waals surface area contributed by atoms with Crippen LogP contribution in [0.1, 0.15) is 12.8 Å². The Morgan fingerprint density at radius 3 is 2.80 bits per heavy atom. The first-order valence-electron chi connectivity index (χ1n) is 3.50. The maximum absolute atomic E-state index is 11.0. The molecule has 10 heavy (non-hydrogen) atoms. The number of hydrogen-bond donors (Lipinski definition) is 2. The van der Waals surface area contributed by atoms with Crippen molar-refractivity contribution in [3.63, 3.8) is 0 Å². The van der Waals surface area contributed by atoms with Crippen LogP contribution in [0, 0.1) is 0 Å². The number of rotatable bonds is 2. The molecule has 4 nitrogen and oxygen atoms in total. The number of Topliss-reactive ketones (excluding diaryl/α,β-unsaturated/α-hetero) is 1. The number of nitrogens with zero attached hydrogens (tertiary/aromatic N) is 1. The molecule has 0 aromatic carbocycles. The van der Waals surface area contributed by atoms with Gasteiger partial charge in [-0.15, -0.1) is 0 Å². The second-order valence-electron chi connectivity index (χ2n) is 2.57. The van der Waals surface area contributed by atoms with Gasteiger partial charge in [0.2, 0.25) is 0 Å². The Morgan fingerprint density at radius 1 is 1.70 bits per heavy atom. The molecule has 0 amide bonds. The minimum absolute atomic E-state index is 0.0556. The van der Waals surface area contributed by atoms with Crippen LogP contribution in [-0.4, -0.2) is 29.9 Å². The van der Waals surface area contributed by atoms with Gasteiger partial charge >= 0.3 is 0 Å². The number of hydrogen-bond acceptors (Lipinski definition) is 4. The van der Waals surface area contributed by atoms with E-state index in [0.29, 0.717) is 0 Å². The fourth-order valence-corrected chi connectivity index (χ4v) is 1.27. The Hall–Kier alpha value is -0.450. The van der Waals surface area contributed by atoms with Crippen LogP contribution in [0.2, 0.25) is 0 Å². The third-order valence-electron chi connectivity index (χ3n) is 1.87. The van der Waals surface area contributed by atoms with Gasteiger partial charge in [0.25, 0.3) is 0 Å². The Morgan fingerprint density at radius 2 is 2.40 bits per heavy atom. The quantitative estimate of drug-likeness (QED) is 0.479. The van der Waals surface area contributed by atoms with E-state index >= 15 is 0 Å². The summed E-state index contributed by atoms with van der Waals surface area (Å²) in [5.74, 6) is 5.57. The van der Waals surface area contributed by atoms with Gasteiger partial charge in [0, 0.05) is 6.54 Å². The van der Waals surface area contributed by atoms with Gasteiger partial charge in [-0.05, 0) is 12.8 Å². The van der Waals surface area contributed by atoms with E-state index in [2.05, 4.69) is 0 Å². The van der Waals surface area contributed by atoms with Crippen molar-refractivity contribution in [1.82, 2.24) is 5.01 Å². The Bertz CT molecular complexity index is 137. The first-order chi connectivity index (χ1) is 4.75. The molecule has 0 aromatic rings. The fraction of sp³-hybridized carbons (Fsp3) is 0.833.